The Hall–Kier alpha value is -1.01. The molecule has 0 aromatic heterocycles. The topological polar surface area (TPSA) is 61.8 Å². The van der Waals surface area contributed by atoms with E-state index in [1.54, 1.807) is 18.2 Å². The molecule has 3 rings (SSSR count). The fourth-order valence-corrected chi connectivity index (χ4v) is 3.78. The highest BCUT2D eigenvalue weighted by Gasteiger charge is 2.33. The number of nitrogens with one attached hydrogen (secondary N) is 1. The van der Waals surface area contributed by atoms with E-state index in [0.29, 0.717) is 41.3 Å². The van der Waals surface area contributed by atoms with E-state index in [1.165, 1.54) is 0 Å². The van der Waals surface area contributed by atoms with Crippen molar-refractivity contribution in [2.24, 2.45) is 5.92 Å². The van der Waals surface area contributed by atoms with Crippen LogP contribution in [0.1, 0.15) is 19.3 Å². The molecule has 7 heteroatoms. The number of likely N-dealkylation sites (tertiary alicyclic amines) is 1. The van der Waals surface area contributed by atoms with E-state index in [-0.39, 0.29) is 11.9 Å². The van der Waals surface area contributed by atoms with Gasteiger partial charge in [0.1, 0.15) is 5.75 Å². The summed E-state index contributed by atoms with van der Waals surface area (Å²) in [6.45, 7) is 2.57. The predicted molar refractivity (Wildman–Crippen MR) is 93.7 cm³/mol. The molecule has 5 nitrogen and oxygen atoms in total. The molecule has 0 saturated carbocycles. The van der Waals surface area contributed by atoms with Crippen LogP contribution in [-0.4, -0.2) is 54.3 Å². The maximum atomic E-state index is 12.4. The Balaban J connectivity index is 1.44. The summed E-state index contributed by atoms with van der Waals surface area (Å²) in [5.74, 6) is 1.19. The molecule has 0 radical (unpaired) electrons. The monoisotopic (exact) mass is 372 g/mol. The molecule has 2 atom stereocenters. The molecular weight excluding hydrogens is 351 g/mol. The molecular formula is C17H22Cl2N2O3. The normalized spacial score (nSPS) is 25.0. The van der Waals surface area contributed by atoms with Crippen LogP contribution in [0.3, 0.4) is 0 Å². The smallest absolute Gasteiger partial charge is 0.239 e. The third-order valence-corrected chi connectivity index (χ3v) is 5.09. The molecule has 1 aromatic carbocycles. The van der Waals surface area contributed by atoms with Crippen LogP contribution in [0.5, 0.6) is 5.75 Å². The quantitative estimate of drug-likeness (QED) is 0.851. The van der Waals surface area contributed by atoms with Crippen molar-refractivity contribution >= 4 is 29.1 Å². The third-order valence-electron chi connectivity index (χ3n) is 4.65. The number of nitrogens with zero attached hydrogens (tertiary/aromatic N) is 1. The molecule has 2 N–H and O–H groups in total. The summed E-state index contributed by atoms with van der Waals surface area (Å²) in [4.78, 5) is 14.3. The van der Waals surface area contributed by atoms with Gasteiger partial charge in [-0.2, -0.15) is 0 Å². The van der Waals surface area contributed by atoms with Gasteiger partial charge in [-0.15, -0.1) is 0 Å². The number of hydrogen-bond acceptors (Lipinski definition) is 4. The molecule has 2 heterocycles. The van der Waals surface area contributed by atoms with Crippen molar-refractivity contribution in [3.05, 3.63) is 28.2 Å². The highest BCUT2D eigenvalue weighted by Crippen LogP contribution is 2.26. The summed E-state index contributed by atoms with van der Waals surface area (Å²) < 4.78 is 5.80. The second-order valence-corrected chi connectivity index (χ2v) is 7.41. The highest BCUT2D eigenvalue weighted by atomic mass is 35.5. The average molecular weight is 373 g/mol. The van der Waals surface area contributed by atoms with E-state index in [0.717, 1.165) is 25.9 Å². The van der Waals surface area contributed by atoms with Crippen LogP contribution < -0.4 is 10.1 Å². The third kappa shape index (κ3) is 4.54. The minimum Gasteiger partial charge on any atom is -0.493 e. The number of β-amino-alcohol motifs (C(OH)–C–C–N with tert-alkyl or cyclic N) is 1. The van der Waals surface area contributed by atoms with Gasteiger partial charge < -0.3 is 20.1 Å². The summed E-state index contributed by atoms with van der Waals surface area (Å²) in [5, 5.41) is 13.7. The van der Waals surface area contributed by atoms with Crippen molar-refractivity contribution in [3.8, 4) is 5.75 Å². The number of carbonyl (C=O) groups excluding carboxylic acids is 1. The van der Waals surface area contributed by atoms with E-state index in [1.807, 2.05) is 4.90 Å². The summed E-state index contributed by atoms with van der Waals surface area (Å²) in [5.41, 5.74) is 0. The van der Waals surface area contributed by atoms with E-state index in [9.17, 15) is 9.90 Å². The van der Waals surface area contributed by atoms with Gasteiger partial charge in [0.15, 0.2) is 0 Å². The number of piperidine rings is 1. The lowest BCUT2D eigenvalue weighted by Crippen LogP contribution is -2.47. The Morgan fingerprint density at radius 3 is 2.50 bits per heavy atom. The number of amides is 1. The number of aliphatic hydroxyl groups excluding tert-OH is 1. The number of rotatable bonds is 4. The van der Waals surface area contributed by atoms with E-state index in [4.69, 9.17) is 27.9 Å². The largest absolute Gasteiger partial charge is 0.493 e. The standard InChI is InChI=1S/C17H22Cl2N2O3/c18-12-5-13(19)7-15(6-12)24-10-11-1-3-21(4-2-11)17(23)16-8-14(22)9-20-16/h5-7,11,14,16,20,22H,1-4,8-10H2/t14-,16+/m0/s1. The maximum Gasteiger partial charge on any atom is 0.239 e. The SMILES string of the molecule is O=C([C@H]1C[C@H](O)CN1)N1CCC(COc2cc(Cl)cc(Cl)c2)CC1. The molecule has 132 valence electrons. The number of aliphatic hydroxyl groups is 1. The highest BCUT2D eigenvalue weighted by molar-refractivity contribution is 6.34. The zero-order valence-electron chi connectivity index (χ0n) is 13.4. The molecule has 1 amide bonds. The van der Waals surface area contributed by atoms with Gasteiger partial charge in [-0.1, -0.05) is 23.2 Å². The first kappa shape index (κ1) is 17.8. The Kier molecular flexibility index (Phi) is 5.87. The maximum absolute atomic E-state index is 12.4. The molecule has 0 unspecified atom stereocenters. The van der Waals surface area contributed by atoms with Crippen LogP contribution in [0.4, 0.5) is 0 Å². The fraction of sp³-hybridized carbons (Fsp3) is 0.588. The molecule has 24 heavy (non-hydrogen) atoms. The molecule has 0 aliphatic carbocycles. The number of carbonyl (C=O) groups is 1. The molecule has 2 fully saturated rings. The van der Waals surface area contributed by atoms with E-state index >= 15 is 0 Å². The van der Waals surface area contributed by atoms with Gasteiger partial charge in [-0.3, -0.25) is 4.79 Å². The van der Waals surface area contributed by atoms with Crippen LogP contribution >= 0.6 is 23.2 Å². The van der Waals surface area contributed by atoms with Gasteiger partial charge in [0, 0.05) is 29.7 Å². The molecule has 0 spiro atoms. The van der Waals surface area contributed by atoms with Crippen LogP contribution in [0.15, 0.2) is 18.2 Å². The van der Waals surface area contributed by atoms with Gasteiger partial charge in [0.05, 0.1) is 18.8 Å². The van der Waals surface area contributed by atoms with E-state index in [2.05, 4.69) is 5.32 Å². The fourth-order valence-electron chi connectivity index (χ4n) is 3.27. The first-order valence-corrected chi connectivity index (χ1v) is 9.06. The van der Waals surface area contributed by atoms with Crippen molar-refractivity contribution in [2.45, 2.75) is 31.4 Å². The molecule has 2 aliphatic heterocycles. The lowest BCUT2D eigenvalue weighted by atomic mass is 9.97. The molecule has 2 aliphatic rings. The number of benzene rings is 1. The Morgan fingerprint density at radius 1 is 1.25 bits per heavy atom. The van der Waals surface area contributed by atoms with Gasteiger partial charge in [0.2, 0.25) is 5.91 Å². The molecule has 2 saturated heterocycles. The minimum atomic E-state index is -0.408. The van der Waals surface area contributed by atoms with Crippen LogP contribution in [0, 0.1) is 5.92 Å². The number of hydrogen-bond donors (Lipinski definition) is 2. The van der Waals surface area contributed by atoms with E-state index < -0.39 is 6.10 Å². The Morgan fingerprint density at radius 2 is 1.92 bits per heavy atom. The second-order valence-electron chi connectivity index (χ2n) is 6.54. The summed E-state index contributed by atoms with van der Waals surface area (Å²) >= 11 is 11.9. The average Bonchev–Trinajstić information content (AvgIpc) is 2.98. The van der Waals surface area contributed by atoms with Crippen LogP contribution in [0.2, 0.25) is 10.0 Å². The van der Waals surface area contributed by atoms with Crippen molar-refractivity contribution < 1.29 is 14.6 Å². The second kappa shape index (κ2) is 7.91. The van der Waals surface area contributed by atoms with Crippen molar-refractivity contribution in [1.29, 1.82) is 0 Å². The minimum absolute atomic E-state index is 0.104. The predicted octanol–water partition coefficient (Wildman–Crippen LogP) is 2.33. The van der Waals surface area contributed by atoms with Crippen molar-refractivity contribution in [3.63, 3.8) is 0 Å². The lowest BCUT2D eigenvalue weighted by molar-refractivity contribution is -0.134. The summed E-state index contributed by atoms with van der Waals surface area (Å²) in [6.07, 6.45) is 1.93. The number of halogens is 2. The molecule has 0 bridgehead atoms. The first-order valence-electron chi connectivity index (χ1n) is 8.30. The Bertz CT molecular complexity index is 571. The number of ether oxygens (including phenoxy) is 1. The van der Waals surface area contributed by atoms with Crippen LogP contribution in [-0.2, 0) is 4.79 Å². The van der Waals surface area contributed by atoms with Crippen LogP contribution in [0.25, 0.3) is 0 Å². The van der Waals surface area contributed by atoms with Gasteiger partial charge >= 0.3 is 0 Å². The lowest BCUT2D eigenvalue weighted by Gasteiger charge is -2.33. The van der Waals surface area contributed by atoms with Crippen molar-refractivity contribution in [1.82, 2.24) is 10.2 Å². The summed E-state index contributed by atoms with van der Waals surface area (Å²) in [6, 6.07) is 4.95. The molecule has 1 aromatic rings. The first-order chi connectivity index (χ1) is 11.5. The zero-order chi connectivity index (χ0) is 17.1. The zero-order valence-corrected chi connectivity index (χ0v) is 14.9. The Labute approximate surface area is 151 Å². The van der Waals surface area contributed by atoms with Gasteiger partial charge in [-0.25, -0.2) is 0 Å². The van der Waals surface area contributed by atoms with Gasteiger partial charge in [0.25, 0.3) is 0 Å². The van der Waals surface area contributed by atoms with Gasteiger partial charge in [-0.05, 0) is 43.4 Å². The summed E-state index contributed by atoms with van der Waals surface area (Å²) in [7, 11) is 0. The van der Waals surface area contributed by atoms with Crippen molar-refractivity contribution in [2.75, 3.05) is 26.2 Å².